The fourth-order valence-electron chi connectivity index (χ4n) is 3.90. The van der Waals surface area contributed by atoms with E-state index in [0.717, 1.165) is 43.6 Å². The summed E-state index contributed by atoms with van der Waals surface area (Å²) in [5, 5.41) is 2.63. The van der Waals surface area contributed by atoms with Gasteiger partial charge in [-0.1, -0.05) is 30.3 Å². The molecule has 2 aromatic heterocycles. The average Bonchev–Trinajstić information content (AvgIpc) is 3.41. The zero-order chi connectivity index (χ0) is 22.7. The fourth-order valence-corrected chi connectivity index (χ4v) is 5.93. The Labute approximate surface area is 193 Å². The molecule has 0 saturated carbocycles. The number of carbonyl (C=O) groups excluding carboxylic acids is 1. The normalized spacial score (nSPS) is 14.8. The van der Waals surface area contributed by atoms with Gasteiger partial charge in [0.1, 0.15) is 16.4 Å². The lowest BCUT2D eigenvalue weighted by atomic mass is 10.1. The second-order valence-electron chi connectivity index (χ2n) is 8.17. The standard InChI is InChI=1S/C23H28N4O3S2/c1-18-17-31-23(24-18)21-13-20(15-27(21)16-22(28)26-11-7-4-8-12-26)32(29,30)25(2)14-19-9-5-3-6-10-19/h3,5-6,9-10,13,15,17H,4,7-8,11-12,14,16H2,1-2H3. The summed E-state index contributed by atoms with van der Waals surface area (Å²) in [7, 11) is -2.16. The minimum Gasteiger partial charge on any atom is -0.341 e. The average molecular weight is 473 g/mol. The van der Waals surface area contributed by atoms with Crippen LogP contribution in [0.25, 0.3) is 10.7 Å². The van der Waals surface area contributed by atoms with E-state index in [1.165, 1.54) is 15.6 Å². The van der Waals surface area contributed by atoms with E-state index in [0.29, 0.717) is 10.7 Å². The molecule has 1 amide bonds. The Bertz CT molecular complexity index is 1180. The highest BCUT2D eigenvalue weighted by Gasteiger charge is 2.26. The summed E-state index contributed by atoms with van der Waals surface area (Å²) in [4.78, 5) is 19.5. The molecule has 9 heteroatoms. The molecular weight excluding hydrogens is 444 g/mol. The lowest BCUT2D eigenvalue weighted by molar-refractivity contribution is -0.132. The zero-order valence-corrected chi connectivity index (χ0v) is 20.0. The first-order chi connectivity index (χ1) is 15.3. The molecule has 0 atom stereocenters. The molecule has 3 heterocycles. The topological polar surface area (TPSA) is 75.5 Å². The van der Waals surface area contributed by atoms with Crippen molar-refractivity contribution in [3.63, 3.8) is 0 Å². The van der Waals surface area contributed by atoms with Crippen molar-refractivity contribution >= 4 is 27.3 Å². The number of hydrogen-bond acceptors (Lipinski definition) is 5. The summed E-state index contributed by atoms with van der Waals surface area (Å²) < 4.78 is 29.7. The van der Waals surface area contributed by atoms with Gasteiger partial charge in [-0.15, -0.1) is 11.3 Å². The first kappa shape index (κ1) is 22.7. The maximum absolute atomic E-state index is 13.3. The highest BCUT2D eigenvalue weighted by Crippen LogP contribution is 2.29. The van der Waals surface area contributed by atoms with E-state index in [9.17, 15) is 13.2 Å². The molecule has 0 radical (unpaired) electrons. The molecule has 0 aliphatic carbocycles. The van der Waals surface area contributed by atoms with E-state index in [1.54, 1.807) is 23.9 Å². The summed E-state index contributed by atoms with van der Waals surface area (Å²) in [5.74, 6) is 0.0106. The SMILES string of the molecule is Cc1csc(-c2cc(S(=O)(=O)N(C)Cc3ccccc3)cn2CC(=O)N2CCCCC2)n1. The van der Waals surface area contributed by atoms with Crippen molar-refractivity contribution in [3.8, 4) is 10.7 Å². The van der Waals surface area contributed by atoms with Gasteiger partial charge < -0.3 is 9.47 Å². The first-order valence-corrected chi connectivity index (χ1v) is 13.1. The van der Waals surface area contributed by atoms with Crippen molar-refractivity contribution < 1.29 is 13.2 Å². The fraction of sp³-hybridized carbons (Fsp3) is 0.391. The quantitative estimate of drug-likeness (QED) is 0.525. The molecule has 0 spiro atoms. The van der Waals surface area contributed by atoms with Gasteiger partial charge >= 0.3 is 0 Å². The number of rotatable bonds is 7. The lowest BCUT2D eigenvalue weighted by Crippen LogP contribution is -2.37. The summed E-state index contributed by atoms with van der Waals surface area (Å²) in [6.07, 6.45) is 4.75. The van der Waals surface area contributed by atoms with Gasteiger partial charge in [-0.25, -0.2) is 13.4 Å². The molecule has 1 fully saturated rings. The first-order valence-electron chi connectivity index (χ1n) is 10.8. The molecule has 7 nitrogen and oxygen atoms in total. The Morgan fingerprint density at radius 2 is 1.88 bits per heavy atom. The number of hydrogen-bond donors (Lipinski definition) is 0. The number of piperidine rings is 1. The van der Waals surface area contributed by atoms with Crippen LogP contribution in [-0.4, -0.2) is 53.2 Å². The van der Waals surface area contributed by atoms with Gasteiger partial charge in [-0.05, 0) is 37.8 Å². The number of carbonyl (C=O) groups is 1. The molecule has 3 aromatic rings. The number of aromatic nitrogens is 2. The van der Waals surface area contributed by atoms with Gasteiger partial charge in [0.2, 0.25) is 15.9 Å². The third-order valence-corrected chi connectivity index (χ3v) is 8.43. The van der Waals surface area contributed by atoms with Crippen LogP contribution in [0.3, 0.4) is 0 Å². The second kappa shape index (κ2) is 9.56. The number of nitrogens with zero attached hydrogens (tertiary/aromatic N) is 4. The largest absolute Gasteiger partial charge is 0.341 e. The van der Waals surface area contributed by atoms with Crippen LogP contribution in [0.5, 0.6) is 0 Å². The number of benzene rings is 1. The third kappa shape index (κ3) is 4.95. The molecule has 170 valence electrons. The van der Waals surface area contributed by atoms with Gasteiger partial charge in [-0.2, -0.15) is 4.31 Å². The van der Waals surface area contributed by atoms with Gasteiger partial charge in [0, 0.05) is 44.0 Å². The van der Waals surface area contributed by atoms with Crippen LogP contribution < -0.4 is 0 Å². The molecule has 0 N–H and O–H groups in total. The van der Waals surface area contributed by atoms with Crippen molar-refractivity contribution in [1.82, 2.24) is 18.8 Å². The van der Waals surface area contributed by atoms with Crippen molar-refractivity contribution in [1.29, 1.82) is 0 Å². The minimum atomic E-state index is -3.74. The predicted molar refractivity (Wildman–Crippen MR) is 126 cm³/mol. The van der Waals surface area contributed by atoms with Crippen LogP contribution >= 0.6 is 11.3 Å². The Hall–Kier alpha value is -2.49. The Morgan fingerprint density at radius 3 is 2.53 bits per heavy atom. The smallest absolute Gasteiger partial charge is 0.244 e. The summed E-state index contributed by atoms with van der Waals surface area (Å²) >= 11 is 1.45. The van der Waals surface area contributed by atoms with Crippen LogP contribution in [0.1, 0.15) is 30.5 Å². The van der Waals surface area contributed by atoms with E-state index in [1.807, 2.05) is 47.5 Å². The molecule has 1 aliphatic rings. The third-order valence-electron chi connectivity index (χ3n) is 5.68. The van der Waals surface area contributed by atoms with E-state index < -0.39 is 10.0 Å². The van der Waals surface area contributed by atoms with Crippen molar-refractivity contribution in [3.05, 3.63) is 59.2 Å². The van der Waals surface area contributed by atoms with Crippen LogP contribution in [0.4, 0.5) is 0 Å². The highest BCUT2D eigenvalue weighted by molar-refractivity contribution is 7.89. The van der Waals surface area contributed by atoms with Crippen LogP contribution in [0.15, 0.2) is 52.9 Å². The molecule has 4 rings (SSSR count). The van der Waals surface area contributed by atoms with Crippen molar-refractivity contribution in [2.75, 3.05) is 20.1 Å². The summed E-state index contributed by atoms with van der Waals surface area (Å²) in [6, 6.07) is 11.1. The molecular formula is C23H28N4O3S2. The Kier molecular flexibility index (Phi) is 6.78. The number of amides is 1. The predicted octanol–water partition coefficient (Wildman–Crippen LogP) is 3.75. The second-order valence-corrected chi connectivity index (χ2v) is 11.1. The van der Waals surface area contributed by atoms with E-state index in [2.05, 4.69) is 4.98 Å². The minimum absolute atomic E-state index is 0.0106. The van der Waals surface area contributed by atoms with E-state index in [-0.39, 0.29) is 23.9 Å². The number of thiazole rings is 1. The Balaban J connectivity index is 1.64. The maximum Gasteiger partial charge on any atom is 0.244 e. The zero-order valence-electron chi connectivity index (χ0n) is 18.4. The summed E-state index contributed by atoms with van der Waals surface area (Å²) in [6.45, 7) is 3.80. The van der Waals surface area contributed by atoms with Crippen LogP contribution in [0.2, 0.25) is 0 Å². The molecule has 0 bridgehead atoms. The molecule has 1 aromatic carbocycles. The molecule has 0 unspecified atom stereocenters. The Morgan fingerprint density at radius 1 is 1.16 bits per heavy atom. The molecule has 1 saturated heterocycles. The van der Waals surface area contributed by atoms with E-state index >= 15 is 0 Å². The summed E-state index contributed by atoms with van der Waals surface area (Å²) in [5.41, 5.74) is 2.43. The van der Waals surface area contributed by atoms with Crippen molar-refractivity contribution in [2.24, 2.45) is 0 Å². The van der Waals surface area contributed by atoms with E-state index in [4.69, 9.17) is 0 Å². The van der Waals surface area contributed by atoms with Gasteiger partial charge in [0.25, 0.3) is 0 Å². The molecule has 1 aliphatic heterocycles. The number of likely N-dealkylation sites (tertiary alicyclic amines) is 1. The van der Waals surface area contributed by atoms with Gasteiger partial charge in [0.15, 0.2) is 0 Å². The van der Waals surface area contributed by atoms with Crippen molar-refractivity contribution in [2.45, 2.75) is 44.2 Å². The van der Waals surface area contributed by atoms with Gasteiger partial charge in [-0.3, -0.25) is 4.79 Å². The van der Waals surface area contributed by atoms with Crippen LogP contribution in [0, 0.1) is 6.92 Å². The monoisotopic (exact) mass is 472 g/mol. The number of aryl methyl sites for hydroxylation is 1. The van der Waals surface area contributed by atoms with Crippen LogP contribution in [-0.2, 0) is 27.9 Å². The van der Waals surface area contributed by atoms with Gasteiger partial charge in [0.05, 0.1) is 5.69 Å². The molecule has 32 heavy (non-hydrogen) atoms. The highest BCUT2D eigenvalue weighted by atomic mass is 32.2. The number of sulfonamides is 1. The lowest BCUT2D eigenvalue weighted by Gasteiger charge is -2.27. The maximum atomic E-state index is 13.3.